The Morgan fingerprint density at radius 2 is 1.95 bits per heavy atom. The highest BCUT2D eigenvalue weighted by atomic mass is 79.9. The number of anilines is 1. The minimum atomic E-state index is -3.89. The van der Waals surface area contributed by atoms with Crippen molar-refractivity contribution >= 4 is 43.2 Å². The van der Waals surface area contributed by atoms with Gasteiger partial charge in [0.05, 0.1) is 15.2 Å². The van der Waals surface area contributed by atoms with E-state index < -0.39 is 15.8 Å². The third-order valence-electron chi connectivity index (χ3n) is 2.69. The van der Waals surface area contributed by atoms with Gasteiger partial charge in [0.25, 0.3) is 10.0 Å². The van der Waals surface area contributed by atoms with Gasteiger partial charge in [0.2, 0.25) is 0 Å². The van der Waals surface area contributed by atoms with Crippen molar-refractivity contribution in [1.29, 1.82) is 0 Å². The van der Waals surface area contributed by atoms with Crippen LogP contribution in [0.1, 0.15) is 5.56 Å². The van der Waals surface area contributed by atoms with E-state index in [0.29, 0.717) is 5.56 Å². The molecule has 0 amide bonds. The summed E-state index contributed by atoms with van der Waals surface area (Å²) in [7, 11) is -3.89. The summed E-state index contributed by atoms with van der Waals surface area (Å²) in [6, 6.07) is 8.32. The van der Waals surface area contributed by atoms with E-state index >= 15 is 0 Å². The summed E-state index contributed by atoms with van der Waals surface area (Å²) >= 11 is 8.93. The molecule has 0 aliphatic heterocycles. The van der Waals surface area contributed by atoms with Gasteiger partial charge < -0.3 is 5.73 Å². The Balaban J connectivity index is 2.40. The van der Waals surface area contributed by atoms with Crippen LogP contribution < -0.4 is 10.5 Å². The molecule has 2 aromatic carbocycles. The van der Waals surface area contributed by atoms with E-state index in [2.05, 4.69) is 20.7 Å². The maximum Gasteiger partial charge on any atom is 0.263 e. The van der Waals surface area contributed by atoms with Crippen LogP contribution in [-0.4, -0.2) is 8.42 Å². The van der Waals surface area contributed by atoms with E-state index in [-0.39, 0.29) is 26.6 Å². The van der Waals surface area contributed by atoms with Crippen molar-refractivity contribution in [3.63, 3.8) is 0 Å². The summed E-state index contributed by atoms with van der Waals surface area (Å²) in [5.41, 5.74) is 6.35. The maximum atomic E-state index is 13.2. The standard InChI is InChI=1S/C13H11BrClFN2O2S/c14-10-6-9(2-4-12(10)16)18-21(19,20)13-5-8(7-17)1-3-11(13)15/h1-6,18H,7,17H2. The van der Waals surface area contributed by atoms with E-state index in [1.165, 1.54) is 24.3 Å². The molecule has 0 saturated carbocycles. The summed E-state index contributed by atoms with van der Waals surface area (Å²) in [4.78, 5) is -0.0763. The van der Waals surface area contributed by atoms with Crippen LogP contribution in [-0.2, 0) is 16.6 Å². The Kier molecular flexibility index (Phi) is 4.88. The molecule has 0 fully saturated rings. The molecule has 2 aromatic rings. The van der Waals surface area contributed by atoms with Gasteiger partial charge in [-0.2, -0.15) is 0 Å². The molecular formula is C13H11BrClFN2O2S. The second-order valence-electron chi connectivity index (χ2n) is 4.20. The number of hydrogen-bond acceptors (Lipinski definition) is 3. The molecular weight excluding hydrogens is 383 g/mol. The fourth-order valence-corrected chi connectivity index (χ4v) is 3.63. The molecule has 0 aliphatic rings. The molecule has 112 valence electrons. The lowest BCUT2D eigenvalue weighted by Crippen LogP contribution is -2.14. The average molecular weight is 394 g/mol. The SMILES string of the molecule is NCc1ccc(Cl)c(S(=O)(=O)Nc2ccc(F)c(Br)c2)c1. The quantitative estimate of drug-likeness (QED) is 0.835. The van der Waals surface area contributed by atoms with Gasteiger partial charge in [0, 0.05) is 6.54 Å². The fourth-order valence-electron chi connectivity index (χ4n) is 1.65. The van der Waals surface area contributed by atoms with Crippen LogP contribution in [0.5, 0.6) is 0 Å². The van der Waals surface area contributed by atoms with Crippen molar-refractivity contribution in [3.05, 3.63) is 57.3 Å². The number of hydrogen-bond donors (Lipinski definition) is 2. The predicted octanol–water partition coefficient (Wildman–Crippen LogP) is 3.50. The van der Waals surface area contributed by atoms with Gasteiger partial charge in [-0.25, -0.2) is 12.8 Å². The van der Waals surface area contributed by atoms with E-state index in [9.17, 15) is 12.8 Å². The number of sulfonamides is 1. The van der Waals surface area contributed by atoms with Crippen molar-refractivity contribution in [2.24, 2.45) is 5.73 Å². The Bertz CT molecular complexity index is 784. The normalized spacial score (nSPS) is 11.4. The number of nitrogens with two attached hydrogens (primary N) is 1. The molecule has 0 aromatic heterocycles. The predicted molar refractivity (Wildman–Crippen MR) is 84.3 cm³/mol. The number of halogens is 3. The van der Waals surface area contributed by atoms with Gasteiger partial charge >= 0.3 is 0 Å². The van der Waals surface area contributed by atoms with Crippen LogP contribution in [0.15, 0.2) is 45.8 Å². The summed E-state index contributed by atoms with van der Waals surface area (Å²) in [5.74, 6) is -0.485. The molecule has 2 rings (SSSR count). The van der Waals surface area contributed by atoms with Crippen LogP contribution in [0.25, 0.3) is 0 Å². The molecule has 0 atom stereocenters. The molecule has 3 N–H and O–H groups in total. The van der Waals surface area contributed by atoms with Crippen LogP contribution in [0.3, 0.4) is 0 Å². The number of benzene rings is 2. The Labute approximate surface area is 135 Å². The summed E-state index contributed by atoms with van der Waals surface area (Å²) in [6.07, 6.45) is 0. The topological polar surface area (TPSA) is 72.2 Å². The average Bonchev–Trinajstić information content (AvgIpc) is 2.43. The van der Waals surface area contributed by atoms with Gasteiger partial charge in [-0.1, -0.05) is 17.7 Å². The first-order valence-corrected chi connectivity index (χ1v) is 8.45. The maximum absolute atomic E-state index is 13.2. The Morgan fingerprint density at radius 3 is 2.57 bits per heavy atom. The second-order valence-corrected chi connectivity index (χ2v) is 7.12. The van der Waals surface area contributed by atoms with Crippen molar-refractivity contribution in [2.45, 2.75) is 11.4 Å². The number of nitrogens with one attached hydrogen (secondary N) is 1. The molecule has 0 spiro atoms. The minimum absolute atomic E-state index is 0.0763. The van der Waals surface area contributed by atoms with Crippen LogP contribution in [0.4, 0.5) is 10.1 Å². The third-order valence-corrected chi connectivity index (χ3v) is 5.16. The molecule has 8 heteroatoms. The molecule has 0 bridgehead atoms. The zero-order valence-corrected chi connectivity index (χ0v) is 13.8. The lowest BCUT2D eigenvalue weighted by molar-refractivity contribution is 0.600. The molecule has 21 heavy (non-hydrogen) atoms. The summed E-state index contributed by atoms with van der Waals surface area (Å²) in [6.45, 7) is 0.196. The first-order chi connectivity index (χ1) is 9.83. The molecule has 0 radical (unpaired) electrons. The summed E-state index contributed by atoms with van der Waals surface area (Å²) < 4.78 is 40.3. The molecule has 0 heterocycles. The van der Waals surface area contributed by atoms with Crippen molar-refractivity contribution in [2.75, 3.05) is 4.72 Å². The minimum Gasteiger partial charge on any atom is -0.326 e. The van der Waals surface area contributed by atoms with Crippen LogP contribution in [0, 0.1) is 5.82 Å². The largest absolute Gasteiger partial charge is 0.326 e. The second kappa shape index (κ2) is 6.31. The van der Waals surface area contributed by atoms with Gasteiger partial charge in [-0.15, -0.1) is 0 Å². The van der Waals surface area contributed by atoms with Gasteiger partial charge in [-0.05, 0) is 51.8 Å². The third kappa shape index (κ3) is 3.74. The highest BCUT2D eigenvalue weighted by molar-refractivity contribution is 9.10. The van der Waals surface area contributed by atoms with Gasteiger partial charge in [0.15, 0.2) is 0 Å². The van der Waals surface area contributed by atoms with Crippen molar-refractivity contribution in [3.8, 4) is 0 Å². The van der Waals surface area contributed by atoms with E-state index in [1.807, 2.05) is 0 Å². The zero-order chi connectivity index (χ0) is 15.6. The van der Waals surface area contributed by atoms with E-state index in [1.54, 1.807) is 6.07 Å². The molecule has 0 unspecified atom stereocenters. The Hall–Kier alpha value is -1.15. The molecule has 0 aliphatic carbocycles. The van der Waals surface area contributed by atoms with Crippen LogP contribution in [0.2, 0.25) is 5.02 Å². The van der Waals surface area contributed by atoms with Crippen molar-refractivity contribution < 1.29 is 12.8 Å². The number of rotatable bonds is 4. The first kappa shape index (κ1) is 16.2. The highest BCUT2D eigenvalue weighted by Gasteiger charge is 2.19. The molecule has 4 nitrogen and oxygen atoms in total. The van der Waals surface area contributed by atoms with E-state index in [4.69, 9.17) is 17.3 Å². The van der Waals surface area contributed by atoms with Gasteiger partial charge in [-0.3, -0.25) is 4.72 Å². The highest BCUT2D eigenvalue weighted by Crippen LogP contribution is 2.26. The zero-order valence-electron chi connectivity index (χ0n) is 10.6. The Morgan fingerprint density at radius 1 is 1.24 bits per heavy atom. The van der Waals surface area contributed by atoms with E-state index in [0.717, 1.165) is 6.07 Å². The summed E-state index contributed by atoms with van der Waals surface area (Å²) in [5, 5.41) is 0.0841. The monoisotopic (exact) mass is 392 g/mol. The molecule has 0 saturated heterocycles. The lowest BCUT2D eigenvalue weighted by Gasteiger charge is -2.11. The fraction of sp³-hybridized carbons (Fsp3) is 0.0769. The smallest absolute Gasteiger partial charge is 0.263 e. The first-order valence-electron chi connectivity index (χ1n) is 5.80. The van der Waals surface area contributed by atoms with Gasteiger partial charge in [0.1, 0.15) is 10.7 Å². The van der Waals surface area contributed by atoms with Crippen LogP contribution >= 0.6 is 27.5 Å². The van der Waals surface area contributed by atoms with Crippen molar-refractivity contribution in [1.82, 2.24) is 0 Å². The lowest BCUT2D eigenvalue weighted by atomic mass is 10.2.